The molecular formula is C17H13N3. The number of hydrogen-bond acceptors (Lipinski definition) is 2. The lowest BCUT2D eigenvalue weighted by atomic mass is 10.00. The van der Waals surface area contributed by atoms with Gasteiger partial charge in [0.25, 0.3) is 0 Å². The number of hydrogen-bond donors (Lipinski definition) is 1. The fourth-order valence-corrected chi connectivity index (χ4v) is 2.29. The van der Waals surface area contributed by atoms with E-state index >= 15 is 0 Å². The van der Waals surface area contributed by atoms with Crippen molar-refractivity contribution in [3.05, 3.63) is 66.2 Å². The molecule has 3 aromatic rings. The molecule has 0 aliphatic rings. The number of nitrogens with one attached hydrogen (secondary N) is 1. The second-order valence-electron chi connectivity index (χ2n) is 4.49. The molecule has 3 heteroatoms. The van der Waals surface area contributed by atoms with E-state index in [0.29, 0.717) is 6.42 Å². The van der Waals surface area contributed by atoms with Crippen molar-refractivity contribution in [1.29, 1.82) is 5.26 Å². The number of nitriles is 1. The van der Waals surface area contributed by atoms with E-state index in [9.17, 15) is 0 Å². The summed E-state index contributed by atoms with van der Waals surface area (Å²) in [6.45, 7) is 0. The largest absolute Gasteiger partial charge is 0.277 e. The average molecular weight is 259 g/mol. The molecule has 0 spiro atoms. The van der Waals surface area contributed by atoms with E-state index in [1.54, 1.807) is 0 Å². The van der Waals surface area contributed by atoms with Gasteiger partial charge in [-0.05, 0) is 5.56 Å². The zero-order valence-corrected chi connectivity index (χ0v) is 10.9. The topological polar surface area (TPSA) is 52.5 Å². The summed E-state index contributed by atoms with van der Waals surface area (Å²) < 4.78 is 0. The first-order valence-corrected chi connectivity index (χ1v) is 6.45. The van der Waals surface area contributed by atoms with Gasteiger partial charge in [-0.1, -0.05) is 60.7 Å². The van der Waals surface area contributed by atoms with Crippen LogP contribution in [0.5, 0.6) is 0 Å². The molecule has 0 unspecified atom stereocenters. The summed E-state index contributed by atoms with van der Waals surface area (Å²) in [5.41, 5.74) is 4.80. The van der Waals surface area contributed by atoms with Crippen molar-refractivity contribution in [3.8, 4) is 28.6 Å². The number of H-pyrrole nitrogens is 1. The van der Waals surface area contributed by atoms with E-state index in [-0.39, 0.29) is 0 Å². The van der Waals surface area contributed by atoms with Crippen LogP contribution < -0.4 is 0 Å². The number of aromatic nitrogens is 2. The molecule has 0 fully saturated rings. The summed E-state index contributed by atoms with van der Waals surface area (Å²) >= 11 is 0. The lowest BCUT2D eigenvalue weighted by Crippen LogP contribution is -1.88. The molecule has 0 saturated carbocycles. The zero-order chi connectivity index (χ0) is 13.8. The third-order valence-corrected chi connectivity index (χ3v) is 3.23. The van der Waals surface area contributed by atoms with Gasteiger partial charge in [-0.3, -0.25) is 5.10 Å². The standard InChI is InChI=1S/C17H13N3/c18-12-11-15-16(13-7-3-1-4-8-13)19-20-17(15)14-9-5-2-6-10-14/h1-10H,11H2,(H,19,20). The Labute approximate surface area is 117 Å². The minimum atomic E-state index is 0.338. The van der Waals surface area contributed by atoms with E-state index in [2.05, 4.69) is 16.3 Å². The Morgan fingerprint density at radius 3 is 2.10 bits per heavy atom. The van der Waals surface area contributed by atoms with Gasteiger partial charge in [0, 0.05) is 11.1 Å². The fraction of sp³-hybridized carbons (Fsp3) is 0.0588. The number of aromatic amines is 1. The van der Waals surface area contributed by atoms with Crippen LogP contribution in [0.1, 0.15) is 5.56 Å². The van der Waals surface area contributed by atoms with Gasteiger partial charge in [-0.25, -0.2) is 0 Å². The smallest absolute Gasteiger partial charge is 0.0969 e. The van der Waals surface area contributed by atoms with Gasteiger partial charge >= 0.3 is 0 Å². The Kier molecular flexibility index (Phi) is 3.30. The van der Waals surface area contributed by atoms with Gasteiger partial charge in [-0.15, -0.1) is 0 Å². The van der Waals surface area contributed by atoms with E-state index in [1.165, 1.54) is 0 Å². The molecule has 1 N–H and O–H groups in total. The molecule has 3 rings (SSSR count). The summed E-state index contributed by atoms with van der Waals surface area (Å²) in [5.74, 6) is 0. The highest BCUT2D eigenvalue weighted by Crippen LogP contribution is 2.30. The van der Waals surface area contributed by atoms with Crippen LogP contribution in [0.4, 0.5) is 0 Å². The first-order valence-electron chi connectivity index (χ1n) is 6.45. The summed E-state index contributed by atoms with van der Waals surface area (Å²) in [6, 6.07) is 22.1. The Morgan fingerprint density at radius 2 is 1.50 bits per heavy atom. The van der Waals surface area contributed by atoms with Gasteiger partial charge in [0.15, 0.2) is 0 Å². The monoisotopic (exact) mass is 259 g/mol. The van der Waals surface area contributed by atoms with Crippen molar-refractivity contribution in [2.45, 2.75) is 6.42 Å². The quantitative estimate of drug-likeness (QED) is 0.777. The lowest BCUT2D eigenvalue weighted by molar-refractivity contribution is 1.10. The molecule has 1 heterocycles. The summed E-state index contributed by atoms with van der Waals surface area (Å²) in [6.07, 6.45) is 0.338. The normalized spacial score (nSPS) is 10.2. The van der Waals surface area contributed by atoms with Crippen LogP contribution in [0.25, 0.3) is 22.5 Å². The van der Waals surface area contributed by atoms with Crippen LogP contribution in [-0.4, -0.2) is 10.2 Å². The van der Waals surface area contributed by atoms with Crippen LogP contribution >= 0.6 is 0 Å². The molecule has 0 amide bonds. The number of benzene rings is 2. The van der Waals surface area contributed by atoms with Gasteiger partial charge in [0.05, 0.1) is 23.9 Å². The molecule has 0 saturated heterocycles. The van der Waals surface area contributed by atoms with Crippen molar-refractivity contribution in [2.75, 3.05) is 0 Å². The van der Waals surface area contributed by atoms with Gasteiger partial charge in [0.2, 0.25) is 0 Å². The molecule has 2 aromatic carbocycles. The molecule has 0 bridgehead atoms. The first kappa shape index (κ1) is 12.2. The highest BCUT2D eigenvalue weighted by Gasteiger charge is 2.15. The Bertz CT molecular complexity index is 680. The van der Waals surface area contributed by atoms with Gasteiger partial charge in [0.1, 0.15) is 0 Å². The minimum absolute atomic E-state index is 0.338. The molecule has 1 aromatic heterocycles. The Morgan fingerprint density at radius 1 is 0.900 bits per heavy atom. The van der Waals surface area contributed by atoms with Crippen molar-refractivity contribution in [1.82, 2.24) is 10.2 Å². The van der Waals surface area contributed by atoms with Crippen molar-refractivity contribution in [2.24, 2.45) is 0 Å². The summed E-state index contributed by atoms with van der Waals surface area (Å²) in [7, 11) is 0. The maximum Gasteiger partial charge on any atom is 0.0969 e. The van der Waals surface area contributed by atoms with Crippen molar-refractivity contribution < 1.29 is 0 Å². The first-order chi connectivity index (χ1) is 9.90. The predicted octanol–water partition coefficient (Wildman–Crippen LogP) is 3.81. The van der Waals surface area contributed by atoms with E-state index < -0.39 is 0 Å². The van der Waals surface area contributed by atoms with E-state index in [1.807, 2.05) is 60.7 Å². The lowest BCUT2D eigenvalue weighted by Gasteiger charge is -2.02. The SMILES string of the molecule is N#CCc1c(-c2ccccc2)n[nH]c1-c1ccccc1. The molecule has 96 valence electrons. The summed E-state index contributed by atoms with van der Waals surface area (Å²) in [4.78, 5) is 0. The molecule has 20 heavy (non-hydrogen) atoms. The summed E-state index contributed by atoms with van der Waals surface area (Å²) in [5, 5.41) is 16.6. The third-order valence-electron chi connectivity index (χ3n) is 3.23. The predicted molar refractivity (Wildman–Crippen MR) is 78.8 cm³/mol. The molecule has 0 aliphatic heterocycles. The van der Waals surface area contributed by atoms with Crippen molar-refractivity contribution in [3.63, 3.8) is 0 Å². The number of nitrogens with zero attached hydrogens (tertiary/aromatic N) is 2. The molecule has 0 atom stereocenters. The molecular weight excluding hydrogens is 246 g/mol. The minimum Gasteiger partial charge on any atom is -0.277 e. The van der Waals surface area contributed by atoms with E-state index in [4.69, 9.17) is 5.26 Å². The van der Waals surface area contributed by atoms with Crippen LogP contribution in [0.15, 0.2) is 60.7 Å². The third kappa shape index (κ3) is 2.19. The Balaban J connectivity index is 2.15. The average Bonchev–Trinajstić information content (AvgIpc) is 2.93. The zero-order valence-electron chi connectivity index (χ0n) is 10.9. The van der Waals surface area contributed by atoms with Crippen LogP contribution in [-0.2, 0) is 6.42 Å². The molecule has 0 radical (unpaired) electrons. The fourth-order valence-electron chi connectivity index (χ4n) is 2.29. The van der Waals surface area contributed by atoms with Gasteiger partial charge < -0.3 is 0 Å². The molecule has 0 aliphatic carbocycles. The second kappa shape index (κ2) is 5.41. The van der Waals surface area contributed by atoms with Crippen molar-refractivity contribution >= 4 is 0 Å². The maximum absolute atomic E-state index is 9.09. The van der Waals surface area contributed by atoms with E-state index in [0.717, 1.165) is 28.1 Å². The maximum atomic E-state index is 9.09. The van der Waals surface area contributed by atoms with Crippen LogP contribution in [0.3, 0.4) is 0 Å². The Hall–Kier alpha value is -2.86. The highest BCUT2D eigenvalue weighted by atomic mass is 15.1. The van der Waals surface area contributed by atoms with Crippen LogP contribution in [0, 0.1) is 11.3 Å². The molecule has 3 nitrogen and oxygen atoms in total. The number of rotatable bonds is 3. The van der Waals surface area contributed by atoms with Crippen LogP contribution in [0.2, 0.25) is 0 Å². The van der Waals surface area contributed by atoms with Gasteiger partial charge in [-0.2, -0.15) is 10.4 Å². The highest BCUT2D eigenvalue weighted by molar-refractivity contribution is 5.74. The second-order valence-corrected chi connectivity index (χ2v) is 4.49.